The average molecular weight is 439 g/mol. The van der Waals surface area contributed by atoms with Gasteiger partial charge in [0.15, 0.2) is 10.8 Å². The minimum Gasteiger partial charge on any atom is -0.462 e. The zero-order valence-corrected chi connectivity index (χ0v) is 17.7. The van der Waals surface area contributed by atoms with Crippen LogP contribution in [0.3, 0.4) is 0 Å². The van der Waals surface area contributed by atoms with Gasteiger partial charge in [0.2, 0.25) is 5.91 Å². The number of anilines is 1. The molecule has 4 aromatic rings. The second-order valence-corrected chi connectivity index (χ2v) is 8.18. The molecule has 0 aliphatic carbocycles. The van der Waals surface area contributed by atoms with Gasteiger partial charge in [0.25, 0.3) is 0 Å². The third-order valence-corrected chi connectivity index (χ3v) is 6.20. The Hall–Kier alpha value is -3.17. The molecule has 152 valence electrons. The van der Waals surface area contributed by atoms with Crippen LogP contribution in [0.15, 0.2) is 66.0 Å². The smallest absolute Gasteiger partial charge is 0.341 e. The number of thiophene rings is 1. The van der Waals surface area contributed by atoms with E-state index in [4.69, 9.17) is 4.74 Å². The van der Waals surface area contributed by atoms with Gasteiger partial charge in [-0.3, -0.25) is 9.20 Å². The quantitative estimate of drug-likeness (QED) is 0.341. The maximum absolute atomic E-state index is 12.6. The monoisotopic (exact) mass is 438 g/mol. The summed E-state index contributed by atoms with van der Waals surface area (Å²) >= 11 is 2.62. The van der Waals surface area contributed by atoms with E-state index in [1.165, 1.54) is 23.1 Å². The number of rotatable bonds is 7. The Balaban J connectivity index is 1.51. The van der Waals surface area contributed by atoms with Crippen molar-refractivity contribution in [1.82, 2.24) is 14.6 Å². The van der Waals surface area contributed by atoms with E-state index in [9.17, 15) is 9.59 Å². The second kappa shape index (κ2) is 9.10. The SMILES string of the molecule is CCOC(=O)c1cc(-c2ccccc2)sc1NC(=O)CSc1nnc2ccccn12. The topological polar surface area (TPSA) is 85.6 Å². The maximum atomic E-state index is 12.6. The second-order valence-electron chi connectivity index (χ2n) is 6.19. The van der Waals surface area contributed by atoms with Gasteiger partial charge in [-0.25, -0.2) is 4.79 Å². The molecule has 4 rings (SSSR count). The minimum atomic E-state index is -0.456. The molecule has 0 aliphatic rings. The Morgan fingerprint density at radius 1 is 1.13 bits per heavy atom. The van der Waals surface area contributed by atoms with Crippen molar-refractivity contribution >= 4 is 45.6 Å². The molecule has 1 aromatic carbocycles. The average Bonchev–Trinajstić information content (AvgIpc) is 3.37. The summed E-state index contributed by atoms with van der Waals surface area (Å²) in [5.74, 6) is -0.557. The number of hydrogen-bond acceptors (Lipinski definition) is 7. The largest absolute Gasteiger partial charge is 0.462 e. The van der Waals surface area contributed by atoms with Crippen LogP contribution in [0.4, 0.5) is 5.00 Å². The van der Waals surface area contributed by atoms with Crippen LogP contribution in [-0.4, -0.2) is 38.8 Å². The Labute approximate surface area is 181 Å². The van der Waals surface area contributed by atoms with Gasteiger partial charge in [-0.15, -0.1) is 21.5 Å². The molecular weight excluding hydrogens is 420 g/mol. The number of hydrogen-bond donors (Lipinski definition) is 1. The molecular formula is C21H18N4O3S2. The summed E-state index contributed by atoms with van der Waals surface area (Å²) in [6.07, 6.45) is 1.85. The molecule has 30 heavy (non-hydrogen) atoms. The molecule has 0 saturated heterocycles. The summed E-state index contributed by atoms with van der Waals surface area (Å²) in [7, 11) is 0. The van der Waals surface area contributed by atoms with Crippen LogP contribution in [-0.2, 0) is 9.53 Å². The zero-order chi connectivity index (χ0) is 20.9. The summed E-state index contributed by atoms with van der Waals surface area (Å²) in [4.78, 5) is 25.9. The van der Waals surface area contributed by atoms with E-state index in [1.54, 1.807) is 13.0 Å². The highest BCUT2D eigenvalue weighted by atomic mass is 32.2. The van der Waals surface area contributed by atoms with Gasteiger partial charge < -0.3 is 10.1 Å². The van der Waals surface area contributed by atoms with Crippen molar-refractivity contribution in [3.8, 4) is 10.4 Å². The molecule has 1 amide bonds. The molecule has 7 nitrogen and oxygen atoms in total. The number of carbonyl (C=O) groups excluding carboxylic acids is 2. The summed E-state index contributed by atoms with van der Waals surface area (Å²) in [5.41, 5.74) is 2.04. The van der Waals surface area contributed by atoms with Gasteiger partial charge in [-0.05, 0) is 30.7 Å². The molecule has 0 unspecified atom stereocenters. The fraction of sp³-hybridized carbons (Fsp3) is 0.143. The van der Waals surface area contributed by atoms with Crippen molar-refractivity contribution in [2.24, 2.45) is 0 Å². The summed E-state index contributed by atoms with van der Waals surface area (Å²) in [6, 6.07) is 17.1. The molecule has 1 N–H and O–H groups in total. The number of amides is 1. The first-order chi connectivity index (χ1) is 14.7. The zero-order valence-electron chi connectivity index (χ0n) is 16.1. The number of aromatic nitrogens is 3. The highest BCUT2D eigenvalue weighted by Gasteiger charge is 2.20. The van der Waals surface area contributed by atoms with Gasteiger partial charge in [0.1, 0.15) is 5.00 Å². The van der Waals surface area contributed by atoms with Crippen LogP contribution in [0.25, 0.3) is 16.1 Å². The number of nitrogens with one attached hydrogen (secondary N) is 1. The molecule has 0 fully saturated rings. The lowest BCUT2D eigenvalue weighted by molar-refractivity contribution is -0.113. The minimum absolute atomic E-state index is 0.135. The normalized spacial score (nSPS) is 10.8. The molecule has 3 aromatic heterocycles. The highest BCUT2D eigenvalue weighted by molar-refractivity contribution is 7.99. The number of benzene rings is 1. The predicted octanol–water partition coefficient (Wildman–Crippen LogP) is 4.37. The van der Waals surface area contributed by atoms with E-state index < -0.39 is 5.97 Å². The molecule has 0 bridgehead atoms. The van der Waals surface area contributed by atoms with Crippen LogP contribution in [0.2, 0.25) is 0 Å². The van der Waals surface area contributed by atoms with Gasteiger partial charge in [-0.1, -0.05) is 48.2 Å². The highest BCUT2D eigenvalue weighted by Crippen LogP contribution is 2.36. The summed E-state index contributed by atoms with van der Waals surface area (Å²) < 4.78 is 6.98. The number of nitrogens with zero attached hydrogens (tertiary/aromatic N) is 3. The molecule has 3 heterocycles. The van der Waals surface area contributed by atoms with Crippen LogP contribution in [0, 0.1) is 0 Å². The van der Waals surface area contributed by atoms with Crippen LogP contribution < -0.4 is 5.32 Å². The number of esters is 1. The lowest BCUT2D eigenvalue weighted by atomic mass is 10.1. The van der Waals surface area contributed by atoms with Gasteiger partial charge in [0, 0.05) is 11.1 Å². The van der Waals surface area contributed by atoms with Gasteiger partial charge in [0.05, 0.1) is 17.9 Å². The van der Waals surface area contributed by atoms with Crippen molar-refractivity contribution in [2.75, 3.05) is 17.7 Å². The van der Waals surface area contributed by atoms with Crippen molar-refractivity contribution in [2.45, 2.75) is 12.1 Å². The Morgan fingerprint density at radius 3 is 2.73 bits per heavy atom. The first kappa shape index (κ1) is 20.1. The standard InChI is InChI=1S/C21H18N4O3S2/c1-2-28-20(27)15-12-16(14-8-4-3-5-9-14)30-19(15)22-18(26)13-29-21-24-23-17-10-6-7-11-25(17)21/h3-12H,2,13H2,1H3,(H,22,26). The summed E-state index contributed by atoms with van der Waals surface area (Å²) in [5, 5.41) is 12.1. The van der Waals surface area contributed by atoms with E-state index >= 15 is 0 Å². The Morgan fingerprint density at radius 2 is 1.93 bits per heavy atom. The third kappa shape index (κ3) is 4.37. The maximum Gasteiger partial charge on any atom is 0.341 e. The van der Waals surface area contributed by atoms with Crippen molar-refractivity contribution < 1.29 is 14.3 Å². The van der Waals surface area contributed by atoms with Crippen LogP contribution >= 0.6 is 23.1 Å². The number of carbonyl (C=O) groups is 2. The molecule has 0 radical (unpaired) electrons. The lowest BCUT2D eigenvalue weighted by Crippen LogP contribution is -2.16. The van der Waals surface area contributed by atoms with E-state index in [0.29, 0.717) is 15.7 Å². The Bertz CT molecular complexity index is 1190. The van der Waals surface area contributed by atoms with Gasteiger partial charge in [-0.2, -0.15) is 0 Å². The first-order valence-electron chi connectivity index (χ1n) is 9.24. The van der Waals surface area contributed by atoms with E-state index in [1.807, 2.05) is 59.1 Å². The fourth-order valence-corrected chi connectivity index (χ4v) is 4.59. The van der Waals surface area contributed by atoms with Crippen LogP contribution in [0.5, 0.6) is 0 Å². The lowest BCUT2D eigenvalue weighted by Gasteiger charge is -2.05. The first-order valence-corrected chi connectivity index (χ1v) is 11.0. The Kier molecular flexibility index (Phi) is 6.10. The molecule has 0 saturated carbocycles. The summed E-state index contributed by atoms with van der Waals surface area (Å²) in [6.45, 7) is 2.01. The predicted molar refractivity (Wildman–Crippen MR) is 118 cm³/mol. The molecule has 0 atom stereocenters. The van der Waals surface area contributed by atoms with Crippen molar-refractivity contribution in [3.05, 3.63) is 66.4 Å². The molecule has 0 aliphatic heterocycles. The number of ether oxygens (including phenoxy) is 1. The van der Waals surface area contributed by atoms with E-state index in [2.05, 4.69) is 15.5 Å². The molecule has 0 spiro atoms. The van der Waals surface area contributed by atoms with E-state index in [-0.39, 0.29) is 18.3 Å². The fourth-order valence-electron chi connectivity index (χ4n) is 2.80. The third-order valence-electron chi connectivity index (χ3n) is 4.15. The van der Waals surface area contributed by atoms with Crippen molar-refractivity contribution in [1.29, 1.82) is 0 Å². The van der Waals surface area contributed by atoms with Gasteiger partial charge >= 0.3 is 5.97 Å². The van der Waals surface area contributed by atoms with Crippen LogP contribution in [0.1, 0.15) is 17.3 Å². The molecule has 9 heteroatoms. The number of pyridine rings is 1. The number of fused-ring (bicyclic) bond motifs is 1. The number of thioether (sulfide) groups is 1. The van der Waals surface area contributed by atoms with E-state index in [0.717, 1.165) is 16.1 Å². The van der Waals surface area contributed by atoms with Crippen molar-refractivity contribution in [3.63, 3.8) is 0 Å².